The number of rotatable bonds is 11. The van der Waals surface area contributed by atoms with E-state index in [-0.39, 0.29) is 17.7 Å². The third-order valence-corrected chi connectivity index (χ3v) is 7.44. The maximum atomic E-state index is 13.5. The lowest BCUT2D eigenvalue weighted by Crippen LogP contribution is -2.41. The highest BCUT2D eigenvalue weighted by Gasteiger charge is 2.51. The maximum Gasteiger partial charge on any atom is 0.338 e. The Labute approximate surface area is 270 Å². The maximum absolute atomic E-state index is 13.5. The summed E-state index contributed by atoms with van der Waals surface area (Å²) in [5, 5.41) is 3.20. The van der Waals surface area contributed by atoms with Crippen LogP contribution in [0.1, 0.15) is 51.1 Å². The zero-order chi connectivity index (χ0) is 32.8. The molecule has 1 saturated heterocycles. The second-order valence-corrected chi connectivity index (χ2v) is 11.3. The van der Waals surface area contributed by atoms with Crippen LogP contribution >= 0.6 is 0 Å². The van der Waals surface area contributed by atoms with Gasteiger partial charge < -0.3 is 24.3 Å². The van der Waals surface area contributed by atoms with E-state index in [2.05, 4.69) is 34.1 Å². The molecule has 12 heteroatoms. The first-order valence-corrected chi connectivity index (χ1v) is 15.2. The first-order valence-electron chi connectivity index (χ1n) is 15.2. The van der Waals surface area contributed by atoms with Crippen LogP contribution in [0, 0.1) is 5.92 Å². The molecule has 5 aromatic rings. The summed E-state index contributed by atoms with van der Waals surface area (Å²) in [6, 6.07) is 25.3. The van der Waals surface area contributed by atoms with E-state index < -0.39 is 42.4 Å². The third kappa shape index (κ3) is 7.28. The first-order chi connectivity index (χ1) is 22.9. The highest BCUT2D eigenvalue weighted by atomic mass is 16.7. The van der Waals surface area contributed by atoms with Crippen molar-refractivity contribution < 1.29 is 33.3 Å². The Morgan fingerprint density at radius 3 is 1.91 bits per heavy atom. The van der Waals surface area contributed by atoms with E-state index in [1.807, 2.05) is 0 Å². The normalized spacial score (nSPS) is 19.0. The number of carbonyl (C=O) groups excluding carboxylic acids is 3. The lowest BCUT2D eigenvalue weighted by atomic mass is 10.1. The number of ether oxygens (including phenoxy) is 4. The van der Waals surface area contributed by atoms with Gasteiger partial charge in [0.1, 0.15) is 18.2 Å². The number of aromatic nitrogens is 4. The van der Waals surface area contributed by atoms with Crippen LogP contribution in [0.5, 0.6) is 0 Å². The summed E-state index contributed by atoms with van der Waals surface area (Å²) >= 11 is 0. The zero-order valence-corrected chi connectivity index (χ0v) is 25.8. The average molecular weight is 636 g/mol. The monoisotopic (exact) mass is 635 g/mol. The van der Waals surface area contributed by atoms with Crippen LogP contribution in [-0.2, 0) is 18.9 Å². The van der Waals surface area contributed by atoms with Gasteiger partial charge in [-0.05, 0) is 42.3 Å². The Hall–Kier alpha value is -5.62. The number of hydrogen-bond acceptors (Lipinski definition) is 11. The first kappa shape index (κ1) is 31.4. The Morgan fingerprint density at radius 2 is 1.34 bits per heavy atom. The van der Waals surface area contributed by atoms with Gasteiger partial charge in [0.05, 0.1) is 29.2 Å². The van der Waals surface area contributed by atoms with Crippen molar-refractivity contribution in [2.75, 3.05) is 18.5 Å². The largest absolute Gasteiger partial charge is 0.459 e. The molecule has 2 aromatic heterocycles. The van der Waals surface area contributed by atoms with Crippen molar-refractivity contribution >= 4 is 35.0 Å². The number of anilines is 1. The molecule has 0 radical (unpaired) electrons. The summed E-state index contributed by atoms with van der Waals surface area (Å²) in [4.78, 5) is 53.3. The molecule has 1 N–H and O–H groups in total. The predicted octanol–water partition coefficient (Wildman–Crippen LogP) is 5.10. The van der Waals surface area contributed by atoms with E-state index >= 15 is 0 Å². The second kappa shape index (κ2) is 14.2. The molecule has 6 rings (SSSR count). The van der Waals surface area contributed by atoms with Crippen LogP contribution in [0.2, 0.25) is 0 Å². The van der Waals surface area contributed by atoms with Gasteiger partial charge >= 0.3 is 17.9 Å². The van der Waals surface area contributed by atoms with Gasteiger partial charge in [0.2, 0.25) is 5.95 Å². The fourth-order valence-electron chi connectivity index (χ4n) is 5.07. The minimum atomic E-state index is -1.20. The second-order valence-electron chi connectivity index (χ2n) is 11.3. The smallest absolute Gasteiger partial charge is 0.338 e. The average Bonchev–Trinajstić information content (AvgIpc) is 3.67. The number of carbonyl (C=O) groups is 3. The molecule has 12 nitrogen and oxygen atoms in total. The standard InChI is InChI=1S/C35H33N5O7/c1-22(2)18-36-35-37-19-26-30(39-35)40(21-38-26)31-29(47-34(43)25-16-10-5-11-17-25)28(46-33(42)24-14-8-4-9-15-24)27(45-31)20-44-32(41)23-12-6-3-7-13-23/h3-17,19,21-22,27-29,31H,18,20H2,1-2H3,(H,36,37,39)/t27-,28-,29-,31-/m1/s1. The molecule has 1 aliphatic heterocycles. The number of nitrogens with zero attached hydrogens (tertiary/aromatic N) is 4. The number of benzene rings is 3. The summed E-state index contributed by atoms with van der Waals surface area (Å²) in [5.74, 6) is -1.20. The number of hydrogen-bond donors (Lipinski definition) is 1. The van der Waals surface area contributed by atoms with E-state index in [0.29, 0.717) is 35.1 Å². The highest BCUT2D eigenvalue weighted by molar-refractivity contribution is 5.91. The number of esters is 3. The molecule has 0 aliphatic carbocycles. The highest BCUT2D eigenvalue weighted by Crippen LogP contribution is 2.37. The van der Waals surface area contributed by atoms with Crippen molar-refractivity contribution in [1.82, 2.24) is 19.5 Å². The van der Waals surface area contributed by atoms with E-state index in [9.17, 15) is 14.4 Å². The van der Waals surface area contributed by atoms with Gasteiger partial charge in [-0.1, -0.05) is 68.4 Å². The quantitative estimate of drug-likeness (QED) is 0.153. The van der Waals surface area contributed by atoms with Crippen molar-refractivity contribution in [2.45, 2.75) is 38.4 Å². The summed E-state index contributed by atoms with van der Waals surface area (Å²) < 4.78 is 25.8. The van der Waals surface area contributed by atoms with Crippen molar-refractivity contribution in [3.63, 3.8) is 0 Å². The van der Waals surface area contributed by atoms with Crippen molar-refractivity contribution in [3.8, 4) is 0 Å². The molecule has 0 bridgehead atoms. The van der Waals surface area contributed by atoms with Crippen LogP contribution in [0.3, 0.4) is 0 Å². The Bertz CT molecular complexity index is 1830. The van der Waals surface area contributed by atoms with Crippen LogP contribution in [-0.4, -0.2) is 68.9 Å². The number of fused-ring (bicyclic) bond motifs is 1. The lowest BCUT2D eigenvalue weighted by molar-refractivity contribution is -0.0606. The van der Waals surface area contributed by atoms with Crippen LogP contribution in [0.25, 0.3) is 11.2 Å². The molecule has 3 aromatic carbocycles. The van der Waals surface area contributed by atoms with Gasteiger partial charge in [0.25, 0.3) is 0 Å². The van der Waals surface area contributed by atoms with Gasteiger partial charge in [-0.15, -0.1) is 0 Å². The molecule has 0 unspecified atom stereocenters. The van der Waals surface area contributed by atoms with E-state index in [4.69, 9.17) is 18.9 Å². The topological polar surface area (TPSA) is 144 Å². The van der Waals surface area contributed by atoms with Crippen molar-refractivity contribution in [3.05, 3.63) is 120 Å². The molecule has 0 saturated carbocycles. The Morgan fingerprint density at radius 1 is 0.787 bits per heavy atom. The summed E-state index contributed by atoms with van der Waals surface area (Å²) in [6.45, 7) is 4.47. The van der Waals surface area contributed by atoms with Crippen LogP contribution in [0.4, 0.5) is 5.95 Å². The molecule has 4 atom stereocenters. The van der Waals surface area contributed by atoms with Crippen LogP contribution < -0.4 is 5.32 Å². The van der Waals surface area contributed by atoms with Crippen LogP contribution in [0.15, 0.2) is 104 Å². The molecular formula is C35H33N5O7. The molecular weight excluding hydrogens is 602 g/mol. The number of imidazole rings is 1. The molecule has 3 heterocycles. The number of nitrogens with one attached hydrogen (secondary N) is 1. The molecule has 240 valence electrons. The fraction of sp³-hybridized carbons (Fsp3) is 0.257. The third-order valence-electron chi connectivity index (χ3n) is 7.44. The van der Waals surface area contributed by atoms with Gasteiger partial charge in [0, 0.05) is 6.54 Å². The van der Waals surface area contributed by atoms with Gasteiger partial charge in [0.15, 0.2) is 24.1 Å². The molecule has 47 heavy (non-hydrogen) atoms. The van der Waals surface area contributed by atoms with E-state index in [1.165, 1.54) is 6.33 Å². The summed E-state index contributed by atoms with van der Waals surface area (Å²) in [7, 11) is 0. The molecule has 0 amide bonds. The summed E-state index contributed by atoms with van der Waals surface area (Å²) in [5.41, 5.74) is 1.77. The molecule has 0 spiro atoms. The van der Waals surface area contributed by atoms with E-state index in [1.54, 1.807) is 102 Å². The lowest BCUT2D eigenvalue weighted by Gasteiger charge is -2.25. The Balaban J connectivity index is 1.37. The minimum absolute atomic E-state index is 0.283. The van der Waals surface area contributed by atoms with Gasteiger partial charge in [-0.25, -0.2) is 24.4 Å². The zero-order valence-electron chi connectivity index (χ0n) is 25.8. The molecule has 1 aliphatic rings. The summed E-state index contributed by atoms with van der Waals surface area (Å²) in [6.07, 6.45) is -1.43. The van der Waals surface area contributed by atoms with Gasteiger partial charge in [-0.3, -0.25) is 4.57 Å². The Kier molecular flexibility index (Phi) is 9.48. The predicted molar refractivity (Wildman–Crippen MR) is 171 cm³/mol. The van der Waals surface area contributed by atoms with E-state index in [0.717, 1.165) is 0 Å². The fourth-order valence-corrected chi connectivity index (χ4v) is 5.07. The van der Waals surface area contributed by atoms with Crippen molar-refractivity contribution in [2.24, 2.45) is 5.92 Å². The van der Waals surface area contributed by atoms with Crippen molar-refractivity contribution in [1.29, 1.82) is 0 Å². The molecule has 1 fully saturated rings. The minimum Gasteiger partial charge on any atom is -0.459 e. The van der Waals surface area contributed by atoms with Gasteiger partial charge in [-0.2, -0.15) is 4.98 Å². The SMILES string of the molecule is CC(C)CNc1ncc2ncn([C@@H]3O[C@H](COC(=O)c4ccccc4)[C@@H](OC(=O)c4ccccc4)[C@H]3OC(=O)c3ccccc3)c2n1.